The van der Waals surface area contributed by atoms with E-state index in [1.54, 1.807) is 6.07 Å². The lowest BCUT2D eigenvalue weighted by Gasteiger charge is -2.25. The standard InChI is InChI=1S/C21H32NO4/c1-6-7-12-24-15-17-8-9-19-18(13-17)14-20(26-19)21(23)25-16(2)10-11-22(3,4)5/h8-9,13-14,16H,6-7,10-12,15H2,1-5H3/q+1/t16-/m1/s1. The summed E-state index contributed by atoms with van der Waals surface area (Å²) in [6, 6.07) is 7.60. The predicted molar refractivity (Wildman–Crippen MR) is 103 cm³/mol. The number of hydrogen-bond acceptors (Lipinski definition) is 4. The van der Waals surface area contributed by atoms with E-state index in [1.807, 2.05) is 25.1 Å². The summed E-state index contributed by atoms with van der Waals surface area (Å²) in [5.74, 6) is -0.156. The van der Waals surface area contributed by atoms with E-state index < -0.39 is 5.97 Å². The van der Waals surface area contributed by atoms with Crippen LogP contribution in [0, 0.1) is 0 Å². The van der Waals surface area contributed by atoms with Gasteiger partial charge in [0.15, 0.2) is 0 Å². The second-order valence-corrected chi connectivity index (χ2v) is 7.91. The normalized spacial score (nSPS) is 13.1. The summed E-state index contributed by atoms with van der Waals surface area (Å²) < 4.78 is 17.7. The number of hydrogen-bond donors (Lipinski definition) is 0. The van der Waals surface area contributed by atoms with Crippen molar-refractivity contribution in [2.45, 2.75) is 45.8 Å². The van der Waals surface area contributed by atoms with Crippen LogP contribution >= 0.6 is 0 Å². The molecule has 0 aliphatic heterocycles. The largest absolute Gasteiger partial charge is 0.457 e. The Hall–Kier alpha value is -1.85. The van der Waals surface area contributed by atoms with Crippen molar-refractivity contribution in [3.8, 4) is 0 Å². The van der Waals surface area contributed by atoms with Gasteiger partial charge in [-0.05, 0) is 37.1 Å². The summed E-state index contributed by atoms with van der Waals surface area (Å²) in [6.07, 6.45) is 2.86. The number of esters is 1. The van der Waals surface area contributed by atoms with Crippen molar-refractivity contribution in [3.05, 3.63) is 35.6 Å². The topological polar surface area (TPSA) is 48.7 Å². The van der Waals surface area contributed by atoms with Crippen LogP contribution in [-0.4, -0.2) is 50.9 Å². The monoisotopic (exact) mass is 362 g/mol. The third kappa shape index (κ3) is 6.46. The van der Waals surface area contributed by atoms with Crippen molar-refractivity contribution in [1.29, 1.82) is 0 Å². The summed E-state index contributed by atoms with van der Waals surface area (Å²) in [5, 5.41) is 0.896. The molecule has 144 valence electrons. The van der Waals surface area contributed by atoms with E-state index in [0.29, 0.717) is 12.2 Å². The lowest BCUT2D eigenvalue weighted by molar-refractivity contribution is -0.870. The van der Waals surface area contributed by atoms with Gasteiger partial charge in [-0.1, -0.05) is 19.4 Å². The average molecular weight is 362 g/mol. The summed E-state index contributed by atoms with van der Waals surface area (Å²) in [4.78, 5) is 12.3. The fourth-order valence-electron chi connectivity index (χ4n) is 2.59. The maximum absolute atomic E-state index is 12.3. The van der Waals surface area contributed by atoms with E-state index in [2.05, 4.69) is 28.1 Å². The molecule has 0 aliphatic carbocycles. The van der Waals surface area contributed by atoms with Crippen molar-refractivity contribution in [2.24, 2.45) is 0 Å². The Morgan fingerprint density at radius 2 is 2.00 bits per heavy atom. The molecule has 0 N–H and O–H groups in total. The molecule has 0 unspecified atom stereocenters. The van der Waals surface area contributed by atoms with Gasteiger partial charge in [-0.2, -0.15) is 0 Å². The zero-order chi connectivity index (χ0) is 19.2. The molecule has 0 aliphatic rings. The van der Waals surface area contributed by atoms with Gasteiger partial charge < -0.3 is 18.4 Å². The van der Waals surface area contributed by atoms with Crippen LogP contribution in [0.1, 0.15) is 49.2 Å². The molecule has 0 fully saturated rings. The van der Waals surface area contributed by atoms with E-state index in [-0.39, 0.29) is 11.9 Å². The Morgan fingerprint density at radius 1 is 1.23 bits per heavy atom. The van der Waals surface area contributed by atoms with Gasteiger partial charge in [-0.3, -0.25) is 0 Å². The number of carbonyl (C=O) groups excluding carboxylic acids is 1. The quantitative estimate of drug-likeness (QED) is 0.357. The maximum atomic E-state index is 12.3. The molecule has 2 rings (SSSR count). The zero-order valence-electron chi connectivity index (χ0n) is 16.7. The van der Waals surface area contributed by atoms with Crippen LogP contribution < -0.4 is 0 Å². The molecule has 1 heterocycles. The SMILES string of the molecule is CCCCOCc1ccc2oc(C(=O)O[C@H](C)CC[N+](C)(C)C)cc2c1. The molecule has 26 heavy (non-hydrogen) atoms. The Kier molecular flexibility index (Phi) is 7.23. The van der Waals surface area contributed by atoms with Gasteiger partial charge in [0.2, 0.25) is 5.76 Å². The lowest BCUT2D eigenvalue weighted by Crippen LogP contribution is -2.37. The van der Waals surface area contributed by atoms with Crippen molar-refractivity contribution < 1.29 is 23.2 Å². The molecular weight excluding hydrogens is 330 g/mol. The van der Waals surface area contributed by atoms with Crippen LogP contribution in [0.5, 0.6) is 0 Å². The van der Waals surface area contributed by atoms with Crippen molar-refractivity contribution >= 4 is 16.9 Å². The molecule has 0 spiro atoms. The molecule has 1 atom stereocenters. The molecule has 0 amide bonds. The van der Waals surface area contributed by atoms with Gasteiger partial charge in [0, 0.05) is 18.4 Å². The number of nitrogens with zero attached hydrogens (tertiary/aromatic N) is 1. The number of fused-ring (bicyclic) bond motifs is 1. The Bertz CT molecular complexity index is 714. The molecule has 0 bridgehead atoms. The van der Waals surface area contributed by atoms with Crippen LogP contribution in [0.3, 0.4) is 0 Å². The van der Waals surface area contributed by atoms with Crippen LogP contribution in [0.25, 0.3) is 11.0 Å². The van der Waals surface area contributed by atoms with E-state index in [0.717, 1.165) is 47.8 Å². The first-order chi connectivity index (χ1) is 12.3. The number of unbranched alkanes of at least 4 members (excludes halogenated alkanes) is 1. The Balaban J connectivity index is 1.95. The second-order valence-electron chi connectivity index (χ2n) is 7.91. The Morgan fingerprint density at radius 3 is 2.69 bits per heavy atom. The van der Waals surface area contributed by atoms with E-state index >= 15 is 0 Å². The number of carbonyl (C=O) groups is 1. The minimum Gasteiger partial charge on any atom is -0.457 e. The maximum Gasteiger partial charge on any atom is 0.374 e. The smallest absolute Gasteiger partial charge is 0.374 e. The number of quaternary nitrogens is 1. The fourth-order valence-corrected chi connectivity index (χ4v) is 2.59. The fraction of sp³-hybridized carbons (Fsp3) is 0.571. The first kappa shape index (κ1) is 20.5. The summed E-state index contributed by atoms with van der Waals surface area (Å²) in [6.45, 7) is 6.34. The van der Waals surface area contributed by atoms with E-state index in [1.165, 1.54) is 0 Å². The van der Waals surface area contributed by atoms with Crippen LogP contribution in [-0.2, 0) is 16.1 Å². The zero-order valence-corrected chi connectivity index (χ0v) is 16.7. The second kappa shape index (κ2) is 9.19. The predicted octanol–water partition coefficient (Wildman–Crippen LogP) is 4.39. The molecule has 2 aromatic rings. The van der Waals surface area contributed by atoms with Crippen LogP contribution in [0.15, 0.2) is 28.7 Å². The highest BCUT2D eigenvalue weighted by molar-refractivity contribution is 5.92. The summed E-state index contributed by atoms with van der Waals surface area (Å²) in [7, 11) is 6.37. The molecule has 0 saturated heterocycles. The lowest BCUT2D eigenvalue weighted by atomic mass is 10.1. The first-order valence-electron chi connectivity index (χ1n) is 9.40. The molecule has 0 saturated carbocycles. The van der Waals surface area contributed by atoms with E-state index in [4.69, 9.17) is 13.9 Å². The summed E-state index contributed by atoms with van der Waals surface area (Å²) in [5.41, 5.74) is 1.76. The molecule has 5 nitrogen and oxygen atoms in total. The molecule has 5 heteroatoms. The number of benzene rings is 1. The Labute approximate surface area is 156 Å². The first-order valence-corrected chi connectivity index (χ1v) is 9.40. The van der Waals surface area contributed by atoms with Gasteiger partial charge >= 0.3 is 5.97 Å². The van der Waals surface area contributed by atoms with Gasteiger partial charge in [0.05, 0.1) is 34.3 Å². The van der Waals surface area contributed by atoms with Gasteiger partial charge in [-0.25, -0.2) is 4.79 Å². The average Bonchev–Trinajstić information content (AvgIpc) is 3.00. The van der Waals surface area contributed by atoms with Crippen molar-refractivity contribution in [3.63, 3.8) is 0 Å². The van der Waals surface area contributed by atoms with Crippen LogP contribution in [0.2, 0.25) is 0 Å². The highest BCUT2D eigenvalue weighted by Gasteiger charge is 2.19. The number of ether oxygens (including phenoxy) is 2. The van der Waals surface area contributed by atoms with Gasteiger partial charge in [-0.15, -0.1) is 0 Å². The number of rotatable bonds is 10. The van der Waals surface area contributed by atoms with Crippen molar-refractivity contribution in [2.75, 3.05) is 34.3 Å². The summed E-state index contributed by atoms with van der Waals surface area (Å²) >= 11 is 0. The minimum atomic E-state index is -0.407. The third-order valence-electron chi connectivity index (χ3n) is 4.21. The third-order valence-corrected chi connectivity index (χ3v) is 4.21. The van der Waals surface area contributed by atoms with E-state index in [9.17, 15) is 4.79 Å². The van der Waals surface area contributed by atoms with Crippen molar-refractivity contribution in [1.82, 2.24) is 0 Å². The number of furan rings is 1. The molecule has 1 aromatic carbocycles. The molecule has 0 radical (unpaired) electrons. The van der Waals surface area contributed by atoms with Gasteiger partial charge in [0.1, 0.15) is 11.7 Å². The minimum absolute atomic E-state index is 0.143. The molecular formula is C21H32NO4+. The highest BCUT2D eigenvalue weighted by atomic mass is 16.6. The highest BCUT2D eigenvalue weighted by Crippen LogP contribution is 2.22. The van der Waals surface area contributed by atoms with Gasteiger partial charge in [0.25, 0.3) is 0 Å². The van der Waals surface area contributed by atoms with Crippen LogP contribution in [0.4, 0.5) is 0 Å². The molecule has 1 aromatic heterocycles.